The molecule has 1 heterocycles. The van der Waals surface area contributed by atoms with E-state index in [9.17, 15) is 0 Å². The average molecular weight is 214 g/mol. The van der Waals surface area contributed by atoms with Crippen LogP contribution in [0.15, 0.2) is 0 Å². The number of hydrogen-bond donors (Lipinski definition) is 0. The average Bonchev–Trinajstić information content (AvgIpc) is 2.69. The van der Waals surface area contributed by atoms with E-state index in [0.29, 0.717) is 5.38 Å². The highest BCUT2D eigenvalue weighted by Gasteiger charge is 2.51. The Morgan fingerprint density at radius 2 is 1.79 bits per heavy atom. The number of fused-ring (bicyclic) bond motifs is 5. The molecule has 2 saturated carbocycles. The monoisotopic (exact) mass is 213 g/mol. The number of alkyl halides is 1. The van der Waals surface area contributed by atoms with Gasteiger partial charge < -0.3 is 4.90 Å². The summed E-state index contributed by atoms with van der Waals surface area (Å²) >= 11 is 6.06. The molecule has 0 N–H and O–H groups in total. The summed E-state index contributed by atoms with van der Waals surface area (Å²) in [6.45, 7) is 5.92. The highest BCUT2D eigenvalue weighted by atomic mass is 35.5. The quantitative estimate of drug-likeness (QED) is 0.638. The van der Waals surface area contributed by atoms with Crippen LogP contribution in [0.5, 0.6) is 0 Å². The molecule has 0 radical (unpaired) electrons. The van der Waals surface area contributed by atoms with Gasteiger partial charge in [0, 0.05) is 25.0 Å². The molecule has 3 rings (SSSR count). The fourth-order valence-corrected chi connectivity index (χ4v) is 4.47. The largest absolute Gasteiger partial charge is 0.301 e. The second-order valence-corrected chi connectivity index (χ2v) is 6.41. The van der Waals surface area contributed by atoms with Crippen molar-refractivity contribution in [2.24, 2.45) is 23.7 Å². The molecule has 0 aromatic rings. The summed E-state index contributed by atoms with van der Waals surface area (Å²) in [4.78, 5) is 2.61. The summed E-state index contributed by atoms with van der Waals surface area (Å²) in [6.07, 6.45) is 4.60. The van der Waals surface area contributed by atoms with Crippen molar-refractivity contribution in [3.8, 4) is 0 Å². The molecule has 2 aliphatic carbocycles. The molecule has 2 heteroatoms. The smallest absolute Gasteiger partial charge is 0.0435 e. The Balaban J connectivity index is 1.65. The molecule has 0 unspecified atom stereocenters. The van der Waals surface area contributed by atoms with Gasteiger partial charge in [0.25, 0.3) is 0 Å². The van der Waals surface area contributed by atoms with Crippen molar-refractivity contribution in [2.75, 3.05) is 19.6 Å². The van der Waals surface area contributed by atoms with Gasteiger partial charge in [0.1, 0.15) is 0 Å². The molecule has 0 aromatic heterocycles. The molecular weight excluding hydrogens is 194 g/mol. The van der Waals surface area contributed by atoms with Crippen molar-refractivity contribution in [3.63, 3.8) is 0 Å². The van der Waals surface area contributed by atoms with E-state index in [1.54, 1.807) is 6.42 Å². The van der Waals surface area contributed by atoms with Gasteiger partial charge in [-0.3, -0.25) is 0 Å². The lowest BCUT2D eigenvalue weighted by molar-refractivity contribution is 0.281. The number of halogens is 1. The summed E-state index contributed by atoms with van der Waals surface area (Å²) in [5.41, 5.74) is 0. The van der Waals surface area contributed by atoms with E-state index >= 15 is 0 Å². The maximum Gasteiger partial charge on any atom is 0.0435 e. The number of likely N-dealkylation sites (tertiary alicyclic amines) is 1. The van der Waals surface area contributed by atoms with Gasteiger partial charge in [0.2, 0.25) is 0 Å². The molecular formula is C12H20ClN. The first-order valence-corrected chi connectivity index (χ1v) is 6.54. The molecule has 14 heavy (non-hydrogen) atoms. The molecule has 3 fully saturated rings. The summed E-state index contributed by atoms with van der Waals surface area (Å²) in [5.74, 6) is 4.26. The van der Waals surface area contributed by atoms with E-state index in [2.05, 4.69) is 11.8 Å². The Morgan fingerprint density at radius 3 is 2.29 bits per heavy atom. The van der Waals surface area contributed by atoms with Gasteiger partial charge in [-0.15, -0.1) is 11.6 Å². The Hall–Kier alpha value is 0.250. The van der Waals surface area contributed by atoms with E-state index in [-0.39, 0.29) is 0 Å². The normalized spacial score (nSPS) is 48.4. The lowest BCUT2D eigenvalue weighted by Crippen LogP contribution is -2.28. The molecule has 0 aromatic carbocycles. The zero-order chi connectivity index (χ0) is 9.71. The summed E-state index contributed by atoms with van der Waals surface area (Å²) < 4.78 is 0. The van der Waals surface area contributed by atoms with Crippen LogP contribution in [0.4, 0.5) is 0 Å². The van der Waals surface area contributed by atoms with Crippen molar-refractivity contribution in [1.82, 2.24) is 4.90 Å². The van der Waals surface area contributed by atoms with Crippen molar-refractivity contribution in [1.29, 1.82) is 0 Å². The van der Waals surface area contributed by atoms with Gasteiger partial charge in [-0.2, -0.15) is 0 Å². The highest BCUT2D eigenvalue weighted by molar-refractivity contribution is 6.20. The third-order valence-electron chi connectivity index (χ3n) is 4.72. The molecule has 80 valence electrons. The first-order valence-electron chi connectivity index (χ1n) is 6.10. The Labute approximate surface area is 91.8 Å². The van der Waals surface area contributed by atoms with Crippen molar-refractivity contribution in [3.05, 3.63) is 0 Å². The topological polar surface area (TPSA) is 3.24 Å². The van der Waals surface area contributed by atoms with Crippen LogP contribution in [-0.4, -0.2) is 29.9 Å². The predicted molar refractivity (Wildman–Crippen MR) is 59.6 cm³/mol. The van der Waals surface area contributed by atoms with Gasteiger partial charge in [-0.05, 0) is 49.9 Å². The maximum atomic E-state index is 6.06. The Bertz CT molecular complexity index is 210. The van der Waals surface area contributed by atoms with Crippen molar-refractivity contribution in [2.45, 2.75) is 31.6 Å². The lowest BCUT2D eigenvalue weighted by atomic mass is 9.82. The Morgan fingerprint density at radius 1 is 1.21 bits per heavy atom. The van der Waals surface area contributed by atoms with Gasteiger partial charge in [-0.1, -0.05) is 0 Å². The van der Waals surface area contributed by atoms with Crippen LogP contribution < -0.4 is 0 Å². The Kier molecular flexibility index (Phi) is 2.29. The SMILES string of the molecule is C[C@H](Cl)CN1C[C@@H]2[C@@H]3CC[C@@H](C3)[C@@H]2C1. The molecule has 1 saturated heterocycles. The first kappa shape index (κ1) is 9.47. The van der Waals surface area contributed by atoms with E-state index in [0.717, 1.165) is 30.2 Å². The van der Waals surface area contributed by atoms with Gasteiger partial charge in [0.15, 0.2) is 0 Å². The molecule has 1 aliphatic heterocycles. The van der Waals surface area contributed by atoms with Crippen molar-refractivity contribution < 1.29 is 0 Å². The third kappa shape index (κ3) is 1.40. The van der Waals surface area contributed by atoms with Gasteiger partial charge in [0.05, 0.1) is 0 Å². The molecule has 0 amide bonds. The molecule has 3 aliphatic rings. The minimum atomic E-state index is 0.325. The van der Waals surface area contributed by atoms with Crippen LogP contribution in [0, 0.1) is 23.7 Å². The van der Waals surface area contributed by atoms with Crippen LogP contribution in [0.3, 0.4) is 0 Å². The maximum absolute atomic E-state index is 6.06. The fraction of sp³-hybridized carbons (Fsp3) is 1.00. The molecule has 2 bridgehead atoms. The summed E-state index contributed by atoms with van der Waals surface area (Å²) in [7, 11) is 0. The second-order valence-electron chi connectivity index (χ2n) is 5.66. The van der Waals surface area contributed by atoms with Crippen LogP contribution in [0.2, 0.25) is 0 Å². The minimum absolute atomic E-state index is 0.325. The predicted octanol–water partition coefficient (Wildman–Crippen LogP) is 2.59. The van der Waals surface area contributed by atoms with Crippen molar-refractivity contribution >= 4 is 11.6 Å². The highest BCUT2D eigenvalue weighted by Crippen LogP contribution is 2.55. The lowest BCUT2D eigenvalue weighted by Gasteiger charge is -2.22. The van der Waals surface area contributed by atoms with Crippen LogP contribution in [-0.2, 0) is 0 Å². The van der Waals surface area contributed by atoms with E-state index in [1.165, 1.54) is 25.9 Å². The standard InChI is InChI=1S/C12H20ClN/c1-8(13)5-14-6-11-9-2-3-10(4-9)12(11)7-14/h8-12H,2-7H2,1H3/t8-,9-,10+,11-,12+/m0/s1. The fourth-order valence-electron chi connectivity index (χ4n) is 4.27. The molecule has 1 nitrogen and oxygen atoms in total. The van der Waals surface area contributed by atoms with E-state index in [4.69, 9.17) is 11.6 Å². The summed E-state index contributed by atoms with van der Waals surface area (Å²) in [5, 5.41) is 0.325. The number of nitrogens with zero attached hydrogens (tertiary/aromatic N) is 1. The van der Waals surface area contributed by atoms with E-state index < -0.39 is 0 Å². The molecule has 0 spiro atoms. The number of hydrogen-bond acceptors (Lipinski definition) is 1. The van der Waals surface area contributed by atoms with Crippen LogP contribution in [0.1, 0.15) is 26.2 Å². The van der Waals surface area contributed by atoms with Crippen LogP contribution in [0.25, 0.3) is 0 Å². The summed E-state index contributed by atoms with van der Waals surface area (Å²) in [6, 6.07) is 0. The first-order chi connectivity index (χ1) is 6.74. The zero-order valence-electron chi connectivity index (χ0n) is 8.95. The van der Waals surface area contributed by atoms with Gasteiger partial charge in [-0.25, -0.2) is 0 Å². The van der Waals surface area contributed by atoms with Gasteiger partial charge >= 0.3 is 0 Å². The number of rotatable bonds is 2. The minimum Gasteiger partial charge on any atom is -0.301 e. The molecule has 5 atom stereocenters. The zero-order valence-corrected chi connectivity index (χ0v) is 9.71. The van der Waals surface area contributed by atoms with Crippen LogP contribution >= 0.6 is 11.6 Å². The van der Waals surface area contributed by atoms with E-state index in [1.807, 2.05) is 0 Å². The third-order valence-corrected chi connectivity index (χ3v) is 4.86. The second kappa shape index (κ2) is 3.38.